The number of furan rings is 1. The summed E-state index contributed by atoms with van der Waals surface area (Å²) in [5.74, 6) is 0.285. The normalized spacial score (nSPS) is 20.5. The van der Waals surface area contributed by atoms with Gasteiger partial charge in [0.05, 0.1) is 0 Å². The molecule has 0 spiro atoms. The standard InChI is InChI=1S/C11H15NO5S2/c1-2-19(15,16)10-7-18-6-5-12(10)9-4-3-8(17-9)11(13)14/h3-4,10H,2,5-7H2,1H3,(H,13,14). The molecule has 19 heavy (non-hydrogen) atoms. The van der Waals surface area contributed by atoms with Crippen molar-refractivity contribution in [3.63, 3.8) is 0 Å². The largest absolute Gasteiger partial charge is 0.475 e. The van der Waals surface area contributed by atoms with E-state index in [1.54, 1.807) is 23.6 Å². The number of hydrogen-bond acceptors (Lipinski definition) is 6. The maximum absolute atomic E-state index is 12.1. The maximum Gasteiger partial charge on any atom is 0.371 e. The van der Waals surface area contributed by atoms with Crippen LogP contribution < -0.4 is 4.90 Å². The van der Waals surface area contributed by atoms with Gasteiger partial charge in [0.15, 0.2) is 15.7 Å². The van der Waals surface area contributed by atoms with Crippen LogP contribution in [0, 0.1) is 0 Å². The lowest BCUT2D eigenvalue weighted by atomic mass is 10.4. The van der Waals surface area contributed by atoms with Gasteiger partial charge in [-0.05, 0) is 6.07 Å². The lowest BCUT2D eigenvalue weighted by molar-refractivity contribution is 0.0663. The van der Waals surface area contributed by atoms with Crippen molar-refractivity contribution in [2.24, 2.45) is 0 Å². The SMILES string of the molecule is CCS(=O)(=O)C1CSCCN1c1ccc(C(=O)O)o1. The number of thioether (sulfide) groups is 1. The fourth-order valence-corrected chi connectivity index (χ4v) is 4.89. The molecule has 1 aromatic rings. The van der Waals surface area contributed by atoms with Crippen LogP contribution in [0.25, 0.3) is 0 Å². The number of sulfone groups is 1. The Morgan fingerprint density at radius 2 is 2.32 bits per heavy atom. The Morgan fingerprint density at radius 3 is 2.89 bits per heavy atom. The quantitative estimate of drug-likeness (QED) is 0.896. The molecule has 0 amide bonds. The van der Waals surface area contributed by atoms with Crippen LogP contribution in [0.2, 0.25) is 0 Å². The van der Waals surface area contributed by atoms with Crippen molar-refractivity contribution in [1.82, 2.24) is 0 Å². The Hall–Kier alpha value is -1.15. The highest BCUT2D eigenvalue weighted by atomic mass is 32.2. The van der Waals surface area contributed by atoms with Gasteiger partial charge in [0.2, 0.25) is 5.76 Å². The molecule has 0 aromatic carbocycles. The molecule has 2 rings (SSSR count). The number of anilines is 1. The maximum atomic E-state index is 12.1. The smallest absolute Gasteiger partial charge is 0.371 e. The Bertz CT molecular complexity index is 565. The van der Waals surface area contributed by atoms with E-state index >= 15 is 0 Å². The molecule has 0 bridgehead atoms. The van der Waals surface area contributed by atoms with Crippen LogP contribution in [-0.2, 0) is 9.84 Å². The summed E-state index contributed by atoms with van der Waals surface area (Å²) >= 11 is 1.58. The molecule has 1 aliphatic rings. The second kappa shape index (κ2) is 5.46. The molecule has 1 saturated heterocycles. The predicted octanol–water partition coefficient (Wildman–Crippen LogP) is 1.29. The third-order valence-corrected chi connectivity index (χ3v) is 6.28. The van der Waals surface area contributed by atoms with Crippen molar-refractivity contribution < 1.29 is 22.7 Å². The van der Waals surface area contributed by atoms with Crippen molar-refractivity contribution in [1.29, 1.82) is 0 Å². The van der Waals surface area contributed by atoms with Crippen LogP contribution in [0.3, 0.4) is 0 Å². The first-order valence-corrected chi connectivity index (χ1v) is 8.72. The van der Waals surface area contributed by atoms with Crippen LogP contribution in [0.5, 0.6) is 0 Å². The highest BCUT2D eigenvalue weighted by molar-refractivity contribution is 8.01. The van der Waals surface area contributed by atoms with Gasteiger partial charge in [-0.15, -0.1) is 0 Å². The first kappa shape index (κ1) is 14.3. The predicted molar refractivity (Wildman–Crippen MR) is 73.6 cm³/mol. The second-order valence-electron chi connectivity index (χ2n) is 4.12. The second-order valence-corrected chi connectivity index (χ2v) is 7.71. The molecule has 0 aliphatic carbocycles. The molecule has 0 radical (unpaired) electrons. The van der Waals surface area contributed by atoms with E-state index in [-0.39, 0.29) is 11.5 Å². The minimum atomic E-state index is -3.23. The van der Waals surface area contributed by atoms with Crippen molar-refractivity contribution >= 4 is 33.5 Å². The van der Waals surface area contributed by atoms with Gasteiger partial charge in [-0.3, -0.25) is 0 Å². The Kier molecular flexibility index (Phi) is 4.10. The van der Waals surface area contributed by atoms with Crippen LogP contribution in [0.15, 0.2) is 16.5 Å². The monoisotopic (exact) mass is 305 g/mol. The molecule has 1 N–H and O–H groups in total. The van der Waals surface area contributed by atoms with Crippen molar-refractivity contribution in [3.8, 4) is 0 Å². The van der Waals surface area contributed by atoms with Gasteiger partial charge in [-0.2, -0.15) is 11.8 Å². The topological polar surface area (TPSA) is 87.8 Å². The summed E-state index contributed by atoms with van der Waals surface area (Å²) in [5.41, 5.74) is 0. The Morgan fingerprint density at radius 1 is 1.58 bits per heavy atom. The molecule has 1 fully saturated rings. The summed E-state index contributed by atoms with van der Waals surface area (Å²) in [6.07, 6.45) is 0. The van der Waals surface area contributed by atoms with E-state index in [0.717, 1.165) is 5.75 Å². The first-order valence-electron chi connectivity index (χ1n) is 5.85. The fraction of sp³-hybridized carbons (Fsp3) is 0.545. The Labute approximate surface area is 115 Å². The van der Waals surface area contributed by atoms with E-state index in [0.29, 0.717) is 18.2 Å². The fourth-order valence-electron chi connectivity index (χ4n) is 1.92. The molecule has 2 heterocycles. The van der Waals surface area contributed by atoms with Crippen molar-refractivity contribution in [2.45, 2.75) is 12.3 Å². The molecule has 106 valence electrons. The highest BCUT2D eigenvalue weighted by Crippen LogP contribution is 2.28. The lowest BCUT2D eigenvalue weighted by Gasteiger charge is -2.34. The van der Waals surface area contributed by atoms with Crippen LogP contribution in [-0.4, -0.2) is 48.7 Å². The van der Waals surface area contributed by atoms with E-state index < -0.39 is 21.2 Å². The van der Waals surface area contributed by atoms with E-state index in [9.17, 15) is 13.2 Å². The molecular formula is C11H15NO5S2. The van der Waals surface area contributed by atoms with Gasteiger partial charge in [0.25, 0.3) is 0 Å². The molecule has 1 atom stereocenters. The number of hydrogen-bond donors (Lipinski definition) is 1. The summed E-state index contributed by atoms with van der Waals surface area (Å²) < 4.78 is 29.3. The summed E-state index contributed by atoms with van der Waals surface area (Å²) in [6, 6.07) is 2.85. The minimum absolute atomic E-state index is 0.0568. The Balaban J connectivity index is 2.31. The molecule has 1 aliphatic heterocycles. The summed E-state index contributed by atoms with van der Waals surface area (Å²) in [7, 11) is -3.23. The van der Waals surface area contributed by atoms with E-state index in [2.05, 4.69) is 0 Å². The van der Waals surface area contributed by atoms with Crippen LogP contribution >= 0.6 is 11.8 Å². The van der Waals surface area contributed by atoms with Gasteiger partial charge < -0.3 is 14.4 Å². The molecule has 8 heteroatoms. The number of nitrogens with zero attached hydrogens (tertiary/aromatic N) is 1. The summed E-state index contributed by atoms with van der Waals surface area (Å²) in [5, 5.41) is 8.18. The van der Waals surface area contributed by atoms with E-state index in [1.807, 2.05) is 0 Å². The van der Waals surface area contributed by atoms with Gasteiger partial charge in [-0.25, -0.2) is 13.2 Å². The highest BCUT2D eigenvalue weighted by Gasteiger charge is 2.34. The summed E-state index contributed by atoms with van der Waals surface area (Å²) in [4.78, 5) is 12.4. The number of carbonyl (C=O) groups is 1. The average Bonchev–Trinajstić information content (AvgIpc) is 2.88. The van der Waals surface area contributed by atoms with Crippen molar-refractivity contribution in [3.05, 3.63) is 17.9 Å². The third-order valence-electron chi connectivity index (χ3n) is 2.99. The first-order chi connectivity index (χ1) is 8.95. The van der Waals surface area contributed by atoms with Crippen molar-refractivity contribution in [2.75, 3.05) is 28.7 Å². The van der Waals surface area contributed by atoms with Gasteiger partial charge in [-0.1, -0.05) is 6.92 Å². The minimum Gasteiger partial charge on any atom is -0.475 e. The zero-order valence-corrected chi connectivity index (χ0v) is 12.0. The van der Waals surface area contributed by atoms with Gasteiger partial charge in [0.1, 0.15) is 5.37 Å². The number of rotatable bonds is 4. The number of carboxylic acid groups (broad SMARTS) is 1. The van der Waals surface area contributed by atoms with Crippen LogP contribution in [0.1, 0.15) is 17.5 Å². The molecule has 1 unspecified atom stereocenters. The van der Waals surface area contributed by atoms with E-state index in [1.165, 1.54) is 12.1 Å². The molecular weight excluding hydrogens is 290 g/mol. The van der Waals surface area contributed by atoms with E-state index in [4.69, 9.17) is 9.52 Å². The van der Waals surface area contributed by atoms with Crippen LogP contribution in [0.4, 0.5) is 5.88 Å². The summed E-state index contributed by atoms with van der Waals surface area (Å²) in [6.45, 7) is 2.14. The average molecular weight is 305 g/mol. The zero-order chi connectivity index (χ0) is 14.0. The molecule has 0 saturated carbocycles. The lowest BCUT2D eigenvalue weighted by Crippen LogP contribution is -2.47. The van der Waals surface area contributed by atoms with Gasteiger partial charge >= 0.3 is 5.97 Å². The number of carboxylic acids is 1. The molecule has 6 nitrogen and oxygen atoms in total. The molecule has 1 aromatic heterocycles. The third kappa shape index (κ3) is 2.89. The zero-order valence-electron chi connectivity index (χ0n) is 10.4. The van der Waals surface area contributed by atoms with Gasteiger partial charge in [0, 0.05) is 29.9 Å². The number of aromatic carboxylic acids is 1.